The summed E-state index contributed by atoms with van der Waals surface area (Å²) in [6.45, 7) is 3.80. The number of halogens is 1. The Labute approximate surface area is 168 Å². The molecule has 0 saturated carbocycles. The van der Waals surface area contributed by atoms with Crippen LogP contribution >= 0.6 is 23.1 Å². The van der Waals surface area contributed by atoms with Crippen molar-refractivity contribution < 1.29 is 18.7 Å². The minimum absolute atomic E-state index is 0.0430. The average molecular weight is 421 g/mol. The van der Waals surface area contributed by atoms with Gasteiger partial charge in [-0.05, 0) is 54.1 Å². The molecule has 0 spiro atoms. The summed E-state index contributed by atoms with van der Waals surface area (Å²) in [6.07, 6.45) is 0. The third-order valence-corrected chi connectivity index (χ3v) is 5.52. The van der Waals surface area contributed by atoms with Crippen LogP contribution in [0, 0.1) is 12.7 Å². The predicted molar refractivity (Wildman–Crippen MR) is 103 cm³/mol. The van der Waals surface area contributed by atoms with Crippen LogP contribution in [0.3, 0.4) is 0 Å². The van der Waals surface area contributed by atoms with Crippen LogP contribution in [0.5, 0.6) is 0 Å². The lowest BCUT2D eigenvalue weighted by molar-refractivity contribution is -0.113. The van der Waals surface area contributed by atoms with E-state index >= 15 is 0 Å². The smallest absolute Gasteiger partial charge is 0.348 e. The highest BCUT2D eigenvalue weighted by Crippen LogP contribution is 2.28. The van der Waals surface area contributed by atoms with Gasteiger partial charge in [0.1, 0.15) is 10.7 Å². The van der Waals surface area contributed by atoms with E-state index in [1.165, 1.54) is 16.8 Å². The van der Waals surface area contributed by atoms with Crippen molar-refractivity contribution in [2.24, 2.45) is 0 Å². The van der Waals surface area contributed by atoms with Gasteiger partial charge in [0.15, 0.2) is 0 Å². The van der Waals surface area contributed by atoms with Crippen LogP contribution in [0.2, 0.25) is 0 Å². The number of thiophene rings is 1. The number of tetrazole rings is 1. The van der Waals surface area contributed by atoms with Gasteiger partial charge in [-0.15, -0.1) is 16.4 Å². The molecule has 3 rings (SSSR count). The zero-order valence-electron chi connectivity index (χ0n) is 15.0. The van der Waals surface area contributed by atoms with E-state index in [0.717, 1.165) is 28.7 Å². The van der Waals surface area contributed by atoms with Crippen molar-refractivity contribution in [1.82, 2.24) is 20.2 Å². The van der Waals surface area contributed by atoms with Crippen LogP contribution in [0.25, 0.3) is 5.69 Å². The first-order valence-electron chi connectivity index (χ1n) is 8.22. The van der Waals surface area contributed by atoms with Gasteiger partial charge in [-0.1, -0.05) is 17.8 Å². The highest BCUT2D eigenvalue weighted by molar-refractivity contribution is 7.99. The summed E-state index contributed by atoms with van der Waals surface area (Å²) in [5.41, 5.74) is 1.20. The van der Waals surface area contributed by atoms with E-state index in [2.05, 4.69) is 20.8 Å². The first kappa shape index (κ1) is 20.0. The zero-order valence-corrected chi connectivity index (χ0v) is 16.6. The minimum atomic E-state index is -0.410. The number of rotatable bonds is 7. The third kappa shape index (κ3) is 4.73. The number of hydrogen-bond donors (Lipinski definition) is 1. The van der Waals surface area contributed by atoms with Crippen LogP contribution in [-0.4, -0.2) is 44.4 Å². The molecule has 0 radical (unpaired) electrons. The Hall–Kier alpha value is -2.79. The van der Waals surface area contributed by atoms with Crippen molar-refractivity contribution in [3.63, 3.8) is 0 Å². The van der Waals surface area contributed by atoms with Gasteiger partial charge in [0.05, 0.1) is 23.0 Å². The molecule has 1 amide bonds. The van der Waals surface area contributed by atoms with E-state index in [9.17, 15) is 14.0 Å². The number of hydrogen-bond acceptors (Lipinski definition) is 8. The first-order chi connectivity index (χ1) is 13.5. The fraction of sp³-hybridized carbons (Fsp3) is 0.235. The van der Waals surface area contributed by atoms with Crippen molar-refractivity contribution >= 4 is 40.0 Å². The van der Waals surface area contributed by atoms with Gasteiger partial charge in [0.25, 0.3) is 0 Å². The summed E-state index contributed by atoms with van der Waals surface area (Å²) < 4.78 is 19.7. The van der Waals surface area contributed by atoms with E-state index in [0.29, 0.717) is 20.7 Å². The van der Waals surface area contributed by atoms with Crippen LogP contribution < -0.4 is 5.32 Å². The monoisotopic (exact) mass is 421 g/mol. The van der Waals surface area contributed by atoms with E-state index in [1.54, 1.807) is 32.0 Å². The molecule has 2 aromatic heterocycles. The quantitative estimate of drug-likeness (QED) is 0.462. The second-order valence-electron chi connectivity index (χ2n) is 5.53. The van der Waals surface area contributed by atoms with E-state index in [1.807, 2.05) is 0 Å². The molecule has 0 aliphatic heterocycles. The van der Waals surface area contributed by atoms with Crippen molar-refractivity contribution in [2.75, 3.05) is 17.7 Å². The summed E-state index contributed by atoms with van der Waals surface area (Å²) in [5, 5.41) is 14.9. The average Bonchev–Trinajstić information content (AvgIpc) is 3.26. The van der Waals surface area contributed by atoms with Gasteiger partial charge in [0.2, 0.25) is 11.1 Å². The number of carbonyl (C=O) groups excluding carboxylic acids is 2. The Morgan fingerprint density at radius 3 is 2.93 bits per heavy atom. The maximum Gasteiger partial charge on any atom is 0.348 e. The Kier molecular flexibility index (Phi) is 6.37. The lowest BCUT2D eigenvalue weighted by Gasteiger charge is -2.04. The lowest BCUT2D eigenvalue weighted by Crippen LogP contribution is -2.13. The van der Waals surface area contributed by atoms with Gasteiger partial charge in [-0.3, -0.25) is 4.79 Å². The van der Waals surface area contributed by atoms with Gasteiger partial charge < -0.3 is 10.1 Å². The molecule has 0 bridgehead atoms. The molecular weight excluding hydrogens is 405 g/mol. The second kappa shape index (κ2) is 8.93. The van der Waals surface area contributed by atoms with E-state index < -0.39 is 11.8 Å². The highest BCUT2D eigenvalue weighted by Gasteiger charge is 2.17. The highest BCUT2D eigenvalue weighted by atomic mass is 32.2. The topological polar surface area (TPSA) is 99.0 Å². The van der Waals surface area contributed by atoms with Crippen molar-refractivity contribution in [2.45, 2.75) is 19.0 Å². The second-order valence-corrected chi connectivity index (χ2v) is 7.53. The number of carbonyl (C=O) groups is 2. The summed E-state index contributed by atoms with van der Waals surface area (Å²) >= 11 is 2.27. The van der Waals surface area contributed by atoms with Crippen molar-refractivity contribution in [3.05, 3.63) is 46.6 Å². The first-order valence-corrected chi connectivity index (χ1v) is 10.0. The molecule has 0 saturated heterocycles. The van der Waals surface area contributed by atoms with Crippen molar-refractivity contribution in [3.8, 4) is 5.69 Å². The molecule has 0 unspecified atom stereocenters. The van der Waals surface area contributed by atoms with E-state index in [4.69, 9.17) is 4.74 Å². The van der Waals surface area contributed by atoms with Gasteiger partial charge in [-0.25, -0.2) is 9.18 Å². The number of benzene rings is 1. The molecule has 1 N–H and O–H groups in total. The normalized spacial score (nSPS) is 10.7. The largest absolute Gasteiger partial charge is 0.462 e. The van der Waals surface area contributed by atoms with Gasteiger partial charge in [0, 0.05) is 0 Å². The van der Waals surface area contributed by atoms with Crippen LogP contribution in [0.4, 0.5) is 9.39 Å². The van der Waals surface area contributed by atoms with E-state index in [-0.39, 0.29) is 18.3 Å². The van der Waals surface area contributed by atoms with Crippen LogP contribution in [0.15, 0.2) is 35.5 Å². The number of ether oxygens (including phenoxy) is 1. The molecule has 0 fully saturated rings. The molecular formula is C17H16FN5O3S2. The SMILES string of the molecule is CCOC(=O)c1sc(NC(=O)CSc2nnnn2-c2cccc(F)c2)cc1C. The zero-order chi connectivity index (χ0) is 20.1. The Bertz CT molecular complexity index is 1000. The minimum Gasteiger partial charge on any atom is -0.462 e. The maximum atomic E-state index is 13.4. The molecule has 3 aromatic rings. The Balaban J connectivity index is 1.62. The summed E-state index contributed by atoms with van der Waals surface area (Å²) in [6, 6.07) is 7.55. The molecule has 0 aliphatic rings. The number of aromatic nitrogens is 4. The molecule has 8 nitrogen and oxygen atoms in total. The number of aryl methyl sites for hydroxylation is 1. The Morgan fingerprint density at radius 2 is 2.18 bits per heavy atom. The summed E-state index contributed by atoms with van der Waals surface area (Å²) in [4.78, 5) is 24.6. The molecule has 1 aromatic carbocycles. The number of anilines is 1. The summed E-state index contributed by atoms with van der Waals surface area (Å²) in [5.74, 6) is -1.06. The number of nitrogens with zero attached hydrogens (tertiary/aromatic N) is 4. The molecule has 28 heavy (non-hydrogen) atoms. The van der Waals surface area contributed by atoms with Crippen molar-refractivity contribution in [1.29, 1.82) is 0 Å². The van der Waals surface area contributed by atoms with Gasteiger partial charge >= 0.3 is 5.97 Å². The molecule has 2 heterocycles. The molecule has 11 heteroatoms. The fourth-order valence-corrected chi connectivity index (χ4v) is 3.96. The third-order valence-electron chi connectivity index (χ3n) is 3.47. The Morgan fingerprint density at radius 1 is 1.36 bits per heavy atom. The predicted octanol–water partition coefficient (Wildman–Crippen LogP) is 3.08. The maximum absolute atomic E-state index is 13.4. The van der Waals surface area contributed by atoms with Crippen LogP contribution in [0.1, 0.15) is 22.2 Å². The number of esters is 1. The number of thioether (sulfide) groups is 1. The van der Waals surface area contributed by atoms with Gasteiger partial charge in [-0.2, -0.15) is 4.68 Å². The fourth-order valence-electron chi connectivity index (χ4n) is 2.29. The molecule has 146 valence electrons. The molecule has 0 aliphatic carbocycles. The molecule has 0 atom stereocenters. The standard InChI is InChI=1S/C17H16FN5O3S2/c1-3-26-16(25)15-10(2)7-14(28-15)19-13(24)9-27-17-20-21-22-23(17)12-6-4-5-11(18)8-12/h4-8H,3,9H2,1-2H3,(H,19,24). The number of amides is 1. The lowest BCUT2D eigenvalue weighted by atomic mass is 10.3. The van der Waals surface area contributed by atoms with Crippen LogP contribution in [-0.2, 0) is 9.53 Å². The summed E-state index contributed by atoms with van der Waals surface area (Å²) in [7, 11) is 0. The number of nitrogens with one attached hydrogen (secondary N) is 1.